The van der Waals surface area contributed by atoms with Gasteiger partial charge in [-0.15, -0.1) is 0 Å². The van der Waals surface area contributed by atoms with Crippen LogP contribution in [0.25, 0.3) is 44.3 Å². The lowest BCUT2D eigenvalue weighted by Crippen LogP contribution is -2.57. The number of hydrogen-bond donors (Lipinski definition) is 1. The number of aryl methyl sites for hydroxylation is 2. The minimum absolute atomic E-state index is 0.131. The van der Waals surface area contributed by atoms with E-state index in [9.17, 15) is 10.1 Å². The molecule has 5 aromatic rings. The van der Waals surface area contributed by atoms with E-state index in [0.29, 0.717) is 19.3 Å². The maximum Gasteiger partial charge on any atom is 0.237 e. The number of H-pyrrole nitrogens is 1. The molecule has 46 heavy (non-hydrogen) atoms. The summed E-state index contributed by atoms with van der Waals surface area (Å²) >= 11 is 0. The van der Waals surface area contributed by atoms with E-state index in [1.165, 1.54) is 0 Å². The van der Waals surface area contributed by atoms with Crippen LogP contribution < -0.4 is 4.90 Å². The summed E-state index contributed by atoms with van der Waals surface area (Å²) in [7, 11) is 7.54. The van der Waals surface area contributed by atoms with Gasteiger partial charge in [-0.25, -0.2) is 4.98 Å². The van der Waals surface area contributed by atoms with Gasteiger partial charge < -0.3 is 14.6 Å². The lowest BCUT2D eigenvalue weighted by Gasteiger charge is -2.51. The Bertz CT molecular complexity index is 2030. The van der Waals surface area contributed by atoms with E-state index >= 15 is 0 Å². The Morgan fingerprint density at radius 1 is 1.04 bits per heavy atom. The number of aromatic nitrogens is 6. The third kappa shape index (κ3) is 4.09. The summed E-state index contributed by atoms with van der Waals surface area (Å²) in [5, 5.41) is 20.9. The summed E-state index contributed by atoms with van der Waals surface area (Å²) in [5.74, 6) is 0.131. The molecular formula is C35H39N9O2. The van der Waals surface area contributed by atoms with Crippen LogP contribution >= 0.6 is 0 Å². The second-order valence-electron chi connectivity index (χ2n) is 13.5. The average molecular weight is 618 g/mol. The summed E-state index contributed by atoms with van der Waals surface area (Å²) in [6.07, 6.45) is 13.6. The van der Waals surface area contributed by atoms with Crippen LogP contribution in [-0.2, 0) is 29.0 Å². The zero-order valence-electron chi connectivity index (χ0n) is 26.9. The highest BCUT2D eigenvalue weighted by molar-refractivity contribution is 6.16. The number of aromatic amines is 1. The molecule has 0 bridgehead atoms. The van der Waals surface area contributed by atoms with Crippen molar-refractivity contribution in [3.63, 3.8) is 0 Å². The number of nitrogens with one attached hydrogen (secondary N) is 1. The van der Waals surface area contributed by atoms with Gasteiger partial charge in [0.1, 0.15) is 5.65 Å². The number of piperidine rings is 1. The minimum Gasteiger partial charge on any atom is -0.381 e. The van der Waals surface area contributed by atoms with Gasteiger partial charge in [0.25, 0.3) is 0 Å². The first-order chi connectivity index (χ1) is 22.3. The van der Waals surface area contributed by atoms with Crippen LogP contribution in [0, 0.1) is 11.3 Å². The molecular weight excluding hydrogens is 578 g/mol. The van der Waals surface area contributed by atoms with E-state index in [1.807, 2.05) is 55.5 Å². The van der Waals surface area contributed by atoms with E-state index in [0.717, 1.165) is 94.3 Å². The van der Waals surface area contributed by atoms with E-state index in [1.54, 1.807) is 11.8 Å². The van der Waals surface area contributed by atoms with Gasteiger partial charge in [0.2, 0.25) is 5.91 Å². The number of anilines is 1. The number of amides is 1. The molecule has 1 saturated heterocycles. The normalized spacial score (nSPS) is 23.1. The Morgan fingerprint density at radius 3 is 2.52 bits per heavy atom. The van der Waals surface area contributed by atoms with Gasteiger partial charge in [-0.05, 0) is 56.2 Å². The molecule has 8 rings (SSSR count). The predicted octanol–water partition coefficient (Wildman–Crippen LogP) is 5.07. The number of rotatable bonds is 5. The fraction of sp³-hybridized carbons (Fsp3) is 0.457. The number of carbonyl (C=O) groups is 1. The summed E-state index contributed by atoms with van der Waals surface area (Å²) in [6.45, 7) is 1.53. The highest BCUT2D eigenvalue weighted by Gasteiger charge is 2.55. The Hall–Kier alpha value is -4.53. The Balaban J connectivity index is 1.28. The average Bonchev–Trinajstić information content (AvgIpc) is 3.83. The molecule has 1 aliphatic carbocycles. The monoisotopic (exact) mass is 617 g/mol. The van der Waals surface area contributed by atoms with Crippen LogP contribution in [0.2, 0.25) is 0 Å². The zero-order chi connectivity index (χ0) is 31.8. The first-order valence-electron chi connectivity index (χ1n) is 16.2. The molecule has 1 saturated carbocycles. The standard InChI is InChI=1S/C35H39N9O2/c1-41-21-24(19-38-41)31-28(22-5-6-26-23(17-22)18-39-43(26)3)29-30-27(20-37-32(29)40-31)42(2)33(45)35(30)12-15-44(16-13-35)34(11-14-36)9-7-25(46-4)8-10-34/h5-6,17-21,25H,7-13,15-16H2,1-4H3,(H,37,40)/t25-,34-. The van der Waals surface area contributed by atoms with Gasteiger partial charge in [0, 0.05) is 80.5 Å². The lowest BCUT2D eigenvalue weighted by molar-refractivity contribution is -0.125. The number of likely N-dealkylation sites (tertiary alicyclic amines) is 1. The van der Waals surface area contributed by atoms with Crippen molar-refractivity contribution in [2.75, 3.05) is 32.1 Å². The molecule has 6 heterocycles. The molecule has 4 aromatic heterocycles. The van der Waals surface area contributed by atoms with Crippen molar-refractivity contribution >= 4 is 33.5 Å². The quantitative estimate of drug-likeness (QED) is 0.292. The van der Waals surface area contributed by atoms with Crippen LogP contribution in [0.15, 0.2) is 43.0 Å². The van der Waals surface area contributed by atoms with Gasteiger partial charge in [-0.1, -0.05) is 6.07 Å². The van der Waals surface area contributed by atoms with Crippen molar-refractivity contribution in [2.45, 2.75) is 62.0 Å². The van der Waals surface area contributed by atoms with Crippen molar-refractivity contribution in [3.05, 3.63) is 48.5 Å². The number of pyridine rings is 1. The number of hydrogen-bond acceptors (Lipinski definition) is 7. The first kappa shape index (κ1) is 28.9. The molecule has 1 amide bonds. The fourth-order valence-electron chi connectivity index (χ4n) is 8.74. The van der Waals surface area contributed by atoms with Crippen LogP contribution in [-0.4, -0.2) is 79.2 Å². The second kappa shape index (κ2) is 10.5. The largest absolute Gasteiger partial charge is 0.381 e. The molecule has 2 fully saturated rings. The van der Waals surface area contributed by atoms with E-state index < -0.39 is 5.41 Å². The van der Waals surface area contributed by atoms with Crippen molar-refractivity contribution in [3.8, 4) is 28.5 Å². The van der Waals surface area contributed by atoms with Gasteiger partial charge in [-0.2, -0.15) is 15.5 Å². The predicted molar refractivity (Wildman–Crippen MR) is 176 cm³/mol. The van der Waals surface area contributed by atoms with Gasteiger partial charge in [0.05, 0.1) is 59.5 Å². The molecule has 1 spiro atoms. The number of fused-ring (bicyclic) bond motifs is 5. The molecule has 0 unspecified atom stereocenters. The summed E-state index contributed by atoms with van der Waals surface area (Å²) in [4.78, 5) is 27.3. The van der Waals surface area contributed by atoms with Crippen LogP contribution in [0.5, 0.6) is 0 Å². The lowest BCUT2D eigenvalue weighted by atomic mass is 9.69. The van der Waals surface area contributed by atoms with E-state index in [-0.39, 0.29) is 17.6 Å². The SMILES string of the molecule is CO[C@H]1CC[C@](CC#N)(N2CCC3(CC2)C(=O)N(C)c2cnc4[nH]c(-c5cnn(C)c5)c(-c5ccc6c(cnn6C)c5)c4c23)CC1. The Kier molecular flexibility index (Phi) is 6.60. The fourth-order valence-corrected chi connectivity index (χ4v) is 8.74. The Labute approximate surface area is 267 Å². The van der Waals surface area contributed by atoms with E-state index in [4.69, 9.17) is 9.72 Å². The second-order valence-corrected chi connectivity index (χ2v) is 13.5. The van der Waals surface area contributed by atoms with Crippen molar-refractivity contribution in [2.24, 2.45) is 14.1 Å². The number of likely N-dealkylation sites (N-methyl/N-ethyl adjacent to an activating group) is 1. The van der Waals surface area contributed by atoms with Gasteiger partial charge in [0.15, 0.2) is 0 Å². The van der Waals surface area contributed by atoms with Crippen LogP contribution in [0.4, 0.5) is 5.69 Å². The number of methoxy groups -OCH3 is 1. The highest BCUT2D eigenvalue weighted by atomic mass is 16.5. The van der Waals surface area contributed by atoms with Gasteiger partial charge >= 0.3 is 0 Å². The Morgan fingerprint density at radius 2 is 1.83 bits per heavy atom. The van der Waals surface area contributed by atoms with Crippen molar-refractivity contribution in [1.29, 1.82) is 5.26 Å². The maximum atomic E-state index is 14.4. The van der Waals surface area contributed by atoms with Crippen molar-refractivity contribution < 1.29 is 9.53 Å². The van der Waals surface area contributed by atoms with Crippen molar-refractivity contribution in [1.82, 2.24) is 34.4 Å². The number of carbonyl (C=O) groups excluding carboxylic acids is 1. The number of benzene rings is 1. The molecule has 0 atom stereocenters. The number of nitrogens with zero attached hydrogens (tertiary/aromatic N) is 8. The van der Waals surface area contributed by atoms with Crippen LogP contribution in [0.1, 0.15) is 50.5 Å². The third-order valence-corrected chi connectivity index (χ3v) is 11.3. The summed E-state index contributed by atoms with van der Waals surface area (Å²) < 4.78 is 9.36. The molecule has 11 heteroatoms. The molecule has 1 N–H and O–H groups in total. The molecule has 1 aromatic carbocycles. The summed E-state index contributed by atoms with van der Waals surface area (Å²) in [5.41, 5.74) is 6.88. The number of ether oxygens (including phenoxy) is 1. The van der Waals surface area contributed by atoms with Gasteiger partial charge in [-0.3, -0.25) is 19.1 Å². The minimum atomic E-state index is -0.680. The third-order valence-electron chi connectivity index (χ3n) is 11.3. The first-order valence-corrected chi connectivity index (χ1v) is 16.2. The zero-order valence-corrected chi connectivity index (χ0v) is 26.9. The molecule has 2 aliphatic heterocycles. The summed E-state index contributed by atoms with van der Waals surface area (Å²) in [6, 6.07) is 8.94. The number of nitriles is 1. The molecule has 11 nitrogen and oxygen atoms in total. The topological polar surface area (TPSA) is 121 Å². The molecule has 236 valence electrons. The maximum absolute atomic E-state index is 14.4. The smallest absolute Gasteiger partial charge is 0.237 e. The highest BCUT2D eigenvalue weighted by Crippen LogP contribution is 2.54. The van der Waals surface area contributed by atoms with E-state index in [2.05, 4.69) is 44.3 Å². The molecule has 3 aliphatic rings. The van der Waals surface area contributed by atoms with Crippen LogP contribution in [0.3, 0.4) is 0 Å². The molecule has 0 radical (unpaired) electrons.